The second-order valence-electron chi connectivity index (χ2n) is 7.91. The summed E-state index contributed by atoms with van der Waals surface area (Å²) in [4.78, 5) is 17.9. The van der Waals surface area contributed by atoms with E-state index in [4.69, 9.17) is 4.74 Å². The van der Waals surface area contributed by atoms with Gasteiger partial charge in [-0.2, -0.15) is 0 Å². The second kappa shape index (κ2) is 5.53. The summed E-state index contributed by atoms with van der Waals surface area (Å²) in [6.07, 6.45) is -2.30. The Morgan fingerprint density at radius 3 is 2.64 bits per heavy atom. The molecule has 2 N–H and O–H groups in total. The Morgan fingerprint density at radius 1 is 1.11 bits per heavy atom. The average molecular weight is 376 g/mol. The van der Waals surface area contributed by atoms with Crippen molar-refractivity contribution < 1.29 is 14.9 Å². The molecule has 6 heteroatoms. The number of benzene rings is 2. The molecule has 6 nitrogen and oxygen atoms in total. The largest absolute Gasteiger partial charge is 0.485 e. The Hall–Kier alpha value is -2.96. The van der Waals surface area contributed by atoms with E-state index in [2.05, 4.69) is 4.98 Å². The minimum Gasteiger partial charge on any atom is -0.485 e. The molecule has 2 aromatic heterocycles. The molecule has 0 bridgehead atoms. The average Bonchev–Trinajstić information content (AvgIpc) is 2.68. The molecule has 2 aromatic carbocycles. The van der Waals surface area contributed by atoms with Crippen LogP contribution in [0, 0.1) is 0 Å². The molecule has 2 atom stereocenters. The SMILES string of the molecule is Cn1c2nc3ccccc3cc2c(=O)c2ccc3c(c21)[C@@H](O)[C@@H](O)C(C)(C)O3. The number of aliphatic hydroxyl groups excluding tert-OH is 2. The summed E-state index contributed by atoms with van der Waals surface area (Å²) in [5.41, 5.74) is 1.16. The van der Waals surface area contributed by atoms with Crippen LogP contribution >= 0.6 is 0 Å². The highest BCUT2D eigenvalue weighted by atomic mass is 16.5. The molecule has 28 heavy (non-hydrogen) atoms. The molecule has 0 amide bonds. The number of hydrogen-bond donors (Lipinski definition) is 2. The maximum Gasteiger partial charge on any atom is 0.198 e. The molecule has 1 aliphatic rings. The van der Waals surface area contributed by atoms with E-state index >= 15 is 0 Å². The van der Waals surface area contributed by atoms with Crippen LogP contribution in [0.15, 0.2) is 47.3 Å². The third-order valence-corrected chi connectivity index (χ3v) is 5.70. The molecule has 0 unspecified atom stereocenters. The van der Waals surface area contributed by atoms with Crippen molar-refractivity contribution in [2.75, 3.05) is 0 Å². The summed E-state index contributed by atoms with van der Waals surface area (Å²) in [5.74, 6) is 0.463. The fourth-order valence-electron chi connectivity index (χ4n) is 4.17. The van der Waals surface area contributed by atoms with Crippen molar-refractivity contribution in [2.45, 2.75) is 31.7 Å². The summed E-state index contributed by atoms with van der Waals surface area (Å²) in [6.45, 7) is 3.45. The molecule has 0 saturated heterocycles. The Bertz CT molecular complexity index is 1340. The Labute approximate surface area is 160 Å². The number of para-hydroxylation sites is 1. The third kappa shape index (κ3) is 2.16. The van der Waals surface area contributed by atoms with Gasteiger partial charge >= 0.3 is 0 Å². The highest BCUT2D eigenvalue weighted by Gasteiger charge is 2.43. The van der Waals surface area contributed by atoms with Crippen LogP contribution in [0.5, 0.6) is 5.75 Å². The van der Waals surface area contributed by atoms with E-state index in [1.807, 2.05) is 37.4 Å². The standard InChI is InChI=1S/C22H20N2O4/c1-22(2)20(27)19(26)16-15(28-22)9-8-12-17(16)24(3)21-13(18(12)25)10-11-6-4-5-7-14(11)23-21/h4-10,19-20,26-27H,1-3H3/t19-,20-/m1/s1. The summed E-state index contributed by atoms with van der Waals surface area (Å²) < 4.78 is 7.74. The van der Waals surface area contributed by atoms with Crippen LogP contribution in [0.2, 0.25) is 0 Å². The van der Waals surface area contributed by atoms with Gasteiger partial charge in [0.2, 0.25) is 0 Å². The lowest BCUT2D eigenvalue weighted by Crippen LogP contribution is -2.49. The highest BCUT2D eigenvalue weighted by Crippen LogP contribution is 2.43. The minimum absolute atomic E-state index is 0.157. The number of pyridine rings is 2. The molecule has 0 saturated carbocycles. The summed E-state index contributed by atoms with van der Waals surface area (Å²) >= 11 is 0. The van der Waals surface area contributed by atoms with Gasteiger partial charge in [-0.05, 0) is 38.1 Å². The predicted molar refractivity (Wildman–Crippen MR) is 108 cm³/mol. The molecular formula is C22H20N2O4. The zero-order valence-electron chi connectivity index (χ0n) is 15.8. The number of ether oxygens (including phenoxy) is 1. The molecule has 3 heterocycles. The predicted octanol–water partition coefficient (Wildman–Crippen LogP) is 2.81. The Balaban J connectivity index is 1.96. The highest BCUT2D eigenvalue weighted by molar-refractivity contribution is 5.99. The van der Waals surface area contributed by atoms with E-state index in [9.17, 15) is 15.0 Å². The molecule has 142 valence electrons. The van der Waals surface area contributed by atoms with E-state index in [1.54, 1.807) is 30.5 Å². The van der Waals surface area contributed by atoms with Gasteiger partial charge in [0.1, 0.15) is 29.2 Å². The van der Waals surface area contributed by atoms with Crippen LogP contribution in [0.1, 0.15) is 25.5 Å². The first kappa shape index (κ1) is 17.2. The van der Waals surface area contributed by atoms with Crippen molar-refractivity contribution in [1.29, 1.82) is 0 Å². The lowest BCUT2D eigenvalue weighted by Gasteiger charge is -2.40. The van der Waals surface area contributed by atoms with Crippen molar-refractivity contribution in [3.05, 3.63) is 58.3 Å². The van der Waals surface area contributed by atoms with Gasteiger partial charge in [0.05, 0.1) is 16.4 Å². The molecular weight excluding hydrogens is 356 g/mol. The van der Waals surface area contributed by atoms with Crippen molar-refractivity contribution in [1.82, 2.24) is 9.55 Å². The van der Waals surface area contributed by atoms with Gasteiger partial charge in [-0.25, -0.2) is 4.98 Å². The van der Waals surface area contributed by atoms with E-state index < -0.39 is 17.8 Å². The van der Waals surface area contributed by atoms with E-state index in [0.29, 0.717) is 33.2 Å². The third-order valence-electron chi connectivity index (χ3n) is 5.70. The molecule has 5 rings (SSSR count). The van der Waals surface area contributed by atoms with Crippen LogP contribution in [-0.2, 0) is 7.05 Å². The van der Waals surface area contributed by atoms with E-state index in [-0.39, 0.29) is 5.43 Å². The lowest BCUT2D eigenvalue weighted by atomic mass is 9.87. The van der Waals surface area contributed by atoms with Crippen LogP contribution in [-0.4, -0.2) is 31.5 Å². The van der Waals surface area contributed by atoms with Gasteiger partial charge in [-0.1, -0.05) is 18.2 Å². The molecule has 0 aliphatic carbocycles. The van der Waals surface area contributed by atoms with Crippen molar-refractivity contribution in [2.24, 2.45) is 7.05 Å². The molecule has 1 aliphatic heterocycles. The topological polar surface area (TPSA) is 84.6 Å². The first-order chi connectivity index (χ1) is 13.3. The van der Waals surface area contributed by atoms with Gasteiger partial charge < -0.3 is 19.5 Å². The maximum atomic E-state index is 13.2. The van der Waals surface area contributed by atoms with Crippen LogP contribution < -0.4 is 10.2 Å². The number of rotatable bonds is 0. The second-order valence-corrected chi connectivity index (χ2v) is 7.91. The number of aromatic nitrogens is 2. The minimum atomic E-state index is -1.18. The maximum absolute atomic E-state index is 13.2. The van der Waals surface area contributed by atoms with E-state index in [0.717, 1.165) is 10.9 Å². The Kier molecular flexibility index (Phi) is 3.39. The molecule has 0 spiro atoms. The first-order valence-electron chi connectivity index (χ1n) is 9.20. The molecule has 0 radical (unpaired) electrons. The number of aliphatic hydroxyl groups is 2. The monoisotopic (exact) mass is 376 g/mol. The van der Waals surface area contributed by atoms with Gasteiger partial charge in [0, 0.05) is 23.4 Å². The van der Waals surface area contributed by atoms with Crippen LogP contribution in [0.3, 0.4) is 0 Å². The van der Waals surface area contributed by atoms with E-state index in [1.165, 1.54) is 0 Å². The van der Waals surface area contributed by atoms with Crippen molar-refractivity contribution in [3.63, 3.8) is 0 Å². The number of hydrogen-bond acceptors (Lipinski definition) is 5. The first-order valence-corrected chi connectivity index (χ1v) is 9.20. The number of fused-ring (bicyclic) bond motifs is 5. The fourth-order valence-corrected chi connectivity index (χ4v) is 4.17. The van der Waals surface area contributed by atoms with Gasteiger partial charge in [-0.15, -0.1) is 0 Å². The van der Waals surface area contributed by atoms with Gasteiger partial charge in [0.25, 0.3) is 0 Å². The number of aryl methyl sites for hydroxylation is 1. The zero-order chi connectivity index (χ0) is 19.8. The van der Waals surface area contributed by atoms with Gasteiger partial charge in [0.15, 0.2) is 5.43 Å². The summed E-state index contributed by atoms with van der Waals surface area (Å²) in [7, 11) is 1.81. The van der Waals surface area contributed by atoms with Crippen LogP contribution in [0.25, 0.3) is 32.8 Å². The molecule has 4 aromatic rings. The van der Waals surface area contributed by atoms with Gasteiger partial charge in [-0.3, -0.25) is 4.79 Å². The molecule has 0 fully saturated rings. The summed E-state index contributed by atoms with van der Waals surface area (Å²) in [5, 5.41) is 23.3. The lowest BCUT2D eigenvalue weighted by molar-refractivity contribution is -0.111. The van der Waals surface area contributed by atoms with Crippen molar-refractivity contribution in [3.8, 4) is 5.75 Å². The quantitative estimate of drug-likeness (QED) is 0.461. The fraction of sp³-hybridized carbons (Fsp3) is 0.273. The zero-order valence-corrected chi connectivity index (χ0v) is 15.8. The smallest absolute Gasteiger partial charge is 0.198 e. The number of nitrogens with zero attached hydrogens (tertiary/aromatic N) is 2. The Morgan fingerprint density at radius 2 is 1.86 bits per heavy atom. The van der Waals surface area contributed by atoms with Crippen LogP contribution in [0.4, 0.5) is 0 Å². The van der Waals surface area contributed by atoms with Crippen molar-refractivity contribution >= 4 is 32.8 Å². The summed E-state index contributed by atoms with van der Waals surface area (Å²) in [6, 6.07) is 12.9. The normalized spacial score (nSPS) is 21.0.